The first-order valence-electron chi connectivity index (χ1n) is 7.06. The van der Waals surface area contributed by atoms with Crippen molar-refractivity contribution < 1.29 is 19.1 Å². The third-order valence-corrected chi connectivity index (χ3v) is 3.69. The maximum absolute atomic E-state index is 12.2. The Balaban J connectivity index is 2.57. The summed E-state index contributed by atoms with van der Waals surface area (Å²) in [6.45, 7) is 4.10. The number of rotatable bonds is 4. The predicted octanol–water partition coefficient (Wildman–Crippen LogP) is 2.23. The van der Waals surface area contributed by atoms with Gasteiger partial charge in [-0.3, -0.25) is 0 Å². The molecule has 0 aliphatic carbocycles. The fraction of sp³-hybridized carbons (Fsp3) is 0.375. The number of nitrogens with zero attached hydrogens (tertiary/aromatic N) is 1. The second kappa shape index (κ2) is 6.51. The van der Waals surface area contributed by atoms with Gasteiger partial charge in [0.15, 0.2) is 0 Å². The maximum atomic E-state index is 12.2. The van der Waals surface area contributed by atoms with Crippen LogP contribution in [0.2, 0.25) is 0 Å². The highest BCUT2D eigenvalue weighted by Gasteiger charge is 2.35. The molecule has 118 valence electrons. The van der Waals surface area contributed by atoms with Gasteiger partial charge in [0, 0.05) is 18.3 Å². The van der Waals surface area contributed by atoms with Crippen molar-refractivity contribution in [1.82, 2.24) is 10.2 Å². The van der Waals surface area contributed by atoms with Crippen molar-refractivity contribution in [1.29, 1.82) is 0 Å². The number of benzene rings is 1. The van der Waals surface area contributed by atoms with Crippen LogP contribution in [0.1, 0.15) is 25.5 Å². The molecular formula is C16H20N2O4. The highest BCUT2D eigenvalue weighted by molar-refractivity contribution is 5.95. The number of para-hydroxylation sites is 1. The maximum Gasteiger partial charge on any atom is 0.337 e. The molecule has 0 bridgehead atoms. The van der Waals surface area contributed by atoms with Gasteiger partial charge in [-0.05, 0) is 19.9 Å². The van der Waals surface area contributed by atoms with Crippen LogP contribution in [-0.2, 0) is 9.53 Å². The van der Waals surface area contributed by atoms with Crippen molar-refractivity contribution in [2.45, 2.75) is 19.9 Å². The van der Waals surface area contributed by atoms with E-state index < -0.39 is 12.0 Å². The molecular weight excluding hydrogens is 284 g/mol. The van der Waals surface area contributed by atoms with Crippen LogP contribution in [0, 0.1) is 0 Å². The van der Waals surface area contributed by atoms with E-state index in [4.69, 9.17) is 9.47 Å². The van der Waals surface area contributed by atoms with Gasteiger partial charge in [-0.15, -0.1) is 0 Å². The zero-order valence-electron chi connectivity index (χ0n) is 13.2. The molecule has 1 N–H and O–H groups in total. The second-order valence-corrected chi connectivity index (χ2v) is 4.90. The van der Waals surface area contributed by atoms with Crippen LogP contribution in [0.3, 0.4) is 0 Å². The van der Waals surface area contributed by atoms with Crippen LogP contribution in [0.5, 0.6) is 5.75 Å². The molecule has 1 aliphatic rings. The highest BCUT2D eigenvalue weighted by atomic mass is 16.5. The second-order valence-electron chi connectivity index (χ2n) is 4.90. The standard InChI is InChI=1S/C16H20N2O4/c1-5-22-12-9-7-6-8-11(12)14-13(15(19)21-4)10(2)18(3)16(20)17-14/h6-9,14H,5H2,1-4H3,(H,17,20). The molecule has 22 heavy (non-hydrogen) atoms. The minimum Gasteiger partial charge on any atom is -0.494 e. The third kappa shape index (κ3) is 2.77. The first-order valence-corrected chi connectivity index (χ1v) is 7.06. The molecule has 1 aromatic carbocycles. The van der Waals surface area contributed by atoms with Crippen LogP contribution in [-0.4, -0.2) is 37.7 Å². The largest absolute Gasteiger partial charge is 0.494 e. The summed E-state index contributed by atoms with van der Waals surface area (Å²) in [6, 6.07) is 6.46. The summed E-state index contributed by atoms with van der Waals surface area (Å²) in [5.74, 6) is 0.162. The molecule has 2 rings (SSSR count). The number of carbonyl (C=O) groups excluding carboxylic acids is 2. The number of ether oxygens (including phenoxy) is 2. The number of hydrogen-bond donors (Lipinski definition) is 1. The first-order chi connectivity index (χ1) is 10.5. The van der Waals surface area contributed by atoms with E-state index in [1.54, 1.807) is 14.0 Å². The summed E-state index contributed by atoms with van der Waals surface area (Å²) in [4.78, 5) is 25.7. The Kier molecular flexibility index (Phi) is 4.70. The van der Waals surface area contributed by atoms with Crippen molar-refractivity contribution in [3.05, 3.63) is 41.1 Å². The number of hydrogen-bond acceptors (Lipinski definition) is 4. The van der Waals surface area contributed by atoms with E-state index >= 15 is 0 Å². The molecule has 6 heteroatoms. The summed E-state index contributed by atoms with van der Waals surface area (Å²) >= 11 is 0. The number of allylic oxidation sites excluding steroid dienone is 1. The summed E-state index contributed by atoms with van der Waals surface area (Å²) in [7, 11) is 2.93. The van der Waals surface area contributed by atoms with E-state index in [0.29, 0.717) is 23.6 Å². The van der Waals surface area contributed by atoms with Gasteiger partial charge >= 0.3 is 12.0 Å². The molecule has 1 heterocycles. The Bertz CT molecular complexity index is 624. The molecule has 1 unspecified atom stereocenters. The Morgan fingerprint density at radius 2 is 2.05 bits per heavy atom. The Labute approximate surface area is 129 Å². The zero-order chi connectivity index (χ0) is 16.3. The lowest BCUT2D eigenvalue weighted by Gasteiger charge is -2.33. The van der Waals surface area contributed by atoms with Gasteiger partial charge in [0.25, 0.3) is 0 Å². The molecule has 0 spiro atoms. The molecule has 0 aromatic heterocycles. The quantitative estimate of drug-likeness (QED) is 0.866. The van der Waals surface area contributed by atoms with Gasteiger partial charge in [-0.2, -0.15) is 0 Å². The molecule has 1 aliphatic heterocycles. The normalized spacial score (nSPS) is 18.1. The highest BCUT2D eigenvalue weighted by Crippen LogP contribution is 2.35. The molecule has 0 fully saturated rings. The molecule has 1 atom stereocenters. The molecule has 2 amide bonds. The average Bonchev–Trinajstić information content (AvgIpc) is 2.52. The van der Waals surface area contributed by atoms with E-state index in [1.807, 2.05) is 31.2 Å². The molecule has 6 nitrogen and oxygen atoms in total. The van der Waals surface area contributed by atoms with Crippen molar-refractivity contribution in [2.75, 3.05) is 20.8 Å². The number of carbonyl (C=O) groups is 2. The third-order valence-electron chi connectivity index (χ3n) is 3.69. The van der Waals surface area contributed by atoms with Crippen LogP contribution in [0.25, 0.3) is 0 Å². The smallest absolute Gasteiger partial charge is 0.337 e. The van der Waals surface area contributed by atoms with Gasteiger partial charge in [0.05, 0.1) is 25.3 Å². The predicted molar refractivity (Wildman–Crippen MR) is 81.4 cm³/mol. The van der Waals surface area contributed by atoms with Crippen molar-refractivity contribution in [3.8, 4) is 5.75 Å². The minimum atomic E-state index is -0.598. The number of esters is 1. The SMILES string of the molecule is CCOc1ccccc1C1NC(=O)N(C)C(C)=C1C(=O)OC. The fourth-order valence-corrected chi connectivity index (χ4v) is 2.45. The summed E-state index contributed by atoms with van der Waals surface area (Å²) < 4.78 is 10.5. The lowest BCUT2D eigenvalue weighted by atomic mass is 9.94. The van der Waals surface area contributed by atoms with Gasteiger partial charge < -0.3 is 19.7 Å². The monoisotopic (exact) mass is 304 g/mol. The number of amides is 2. The van der Waals surface area contributed by atoms with Gasteiger partial charge in [-0.1, -0.05) is 18.2 Å². The van der Waals surface area contributed by atoms with Crippen molar-refractivity contribution in [3.63, 3.8) is 0 Å². The number of urea groups is 1. The van der Waals surface area contributed by atoms with Gasteiger partial charge in [0.1, 0.15) is 5.75 Å². The van der Waals surface area contributed by atoms with Gasteiger partial charge in [-0.25, -0.2) is 9.59 Å². The number of methoxy groups -OCH3 is 1. The first kappa shape index (κ1) is 15.9. The molecule has 0 saturated carbocycles. The van der Waals surface area contributed by atoms with Crippen LogP contribution in [0.15, 0.2) is 35.5 Å². The zero-order valence-corrected chi connectivity index (χ0v) is 13.2. The van der Waals surface area contributed by atoms with Gasteiger partial charge in [0.2, 0.25) is 0 Å². The van der Waals surface area contributed by atoms with E-state index in [0.717, 1.165) is 5.56 Å². The van der Waals surface area contributed by atoms with E-state index in [1.165, 1.54) is 12.0 Å². The lowest BCUT2D eigenvalue weighted by Crippen LogP contribution is -2.46. The lowest BCUT2D eigenvalue weighted by molar-refractivity contribution is -0.136. The van der Waals surface area contributed by atoms with Crippen LogP contribution in [0.4, 0.5) is 4.79 Å². The summed E-state index contributed by atoms with van der Waals surface area (Å²) in [5, 5.41) is 2.83. The van der Waals surface area contributed by atoms with Crippen LogP contribution >= 0.6 is 0 Å². The van der Waals surface area contributed by atoms with Crippen LogP contribution < -0.4 is 10.1 Å². The molecule has 0 saturated heterocycles. The van der Waals surface area contributed by atoms with Crippen molar-refractivity contribution in [2.24, 2.45) is 0 Å². The molecule has 1 aromatic rings. The molecule has 0 radical (unpaired) electrons. The minimum absolute atomic E-state index is 0.276. The Morgan fingerprint density at radius 1 is 1.36 bits per heavy atom. The topological polar surface area (TPSA) is 67.9 Å². The van der Waals surface area contributed by atoms with E-state index in [9.17, 15) is 9.59 Å². The Morgan fingerprint density at radius 3 is 2.68 bits per heavy atom. The Hall–Kier alpha value is -2.50. The summed E-state index contributed by atoms with van der Waals surface area (Å²) in [6.07, 6.45) is 0. The van der Waals surface area contributed by atoms with E-state index in [-0.39, 0.29) is 6.03 Å². The fourth-order valence-electron chi connectivity index (χ4n) is 2.45. The average molecular weight is 304 g/mol. The summed E-state index contributed by atoms with van der Waals surface area (Å²) in [5.41, 5.74) is 1.69. The van der Waals surface area contributed by atoms with Crippen molar-refractivity contribution >= 4 is 12.0 Å². The number of nitrogens with one attached hydrogen (secondary N) is 1. The van der Waals surface area contributed by atoms with E-state index in [2.05, 4.69) is 5.32 Å².